The Kier molecular flexibility index (Phi) is 4.30. The van der Waals surface area contributed by atoms with E-state index in [4.69, 9.17) is 16.6 Å². The third kappa shape index (κ3) is 3.19. The molecule has 0 saturated carbocycles. The van der Waals surface area contributed by atoms with Crippen molar-refractivity contribution in [1.82, 2.24) is 5.32 Å². The highest BCUT2D eigenvalue weighted by molar-refractivity contribution is 6.31. The lowest BCUT2D eigenvalue weighted by molar-refractivity contribution is 0.475. The van der Waals surface area contributed by atoms with Crippen LogP contribution < -0.4 is 10.2 Å². The zero-order chi connectivity index (χ0) is 17.4. The molecule has 0 aliphatic carbocycles. The van der Waals surface area contributed by atoms with Gasteiger partial charge in [-0.15, -0.1) is 0 Å². The second-order valence-electron chi connectivity index (χ2n) is 6.82. The SMILES string of the molecule is C=C1C(C2=CC=CCN2)=NC2CN(c3cc(O)cc(Cl)c3)CCCC12. The van der Waals surface area contributed by atoms with Gasteiger partial charge in [0.25, 0.3) is 0 Å². The van der Waals surface area contributed by atoms with E-state index >= 15 is 0 Å². The Morgan fingerprint density at radius 1 is 1.32 bits per heavy atom. The van der Waals surface area contributed by atoms with E-state index in [0.717, 1.165) is 55.1 Å². The lowest BCUT2D eigenvalue weighted by atomic mass is 9.89. The second kappa shape index (κ2) is 6.60. The highest BCUT2D eigenvalue weighted by atomic mass is 35.5. The zero-order valence-corrected chi connectivity index (χ0v) is 14.8. The van der Waals surface area contributed by atoms with Crippen LogP contribution in [0.3, 0.4) is 0 Å². The summed E-state index contributed by atoms with van der Waals surface area (Å²) in [6.45, 7) is 6.94. The van der Waals surface area contributed by atoms with Gasteiger partial charge in [-0.25, -0.2) is 0 Å². The van der Waals surface area contributed by atoms with E-state index in [-0.39, 0.29) is 11.8 Å². The molecular weight excluding hydrogens is 334 g/mol. The molecule has 0 amide bonds. The summed E-state index contributed by atoms with van der Waals surface area (Å²) in [6, 6.07) is 5.44. The monoisotopic (exact) mass is 355 g/mol. The molecule has 25 heavy (non-hydrogen) atoms. The van der Waals surface area contributed by atoms with Crippen molar-refractivity contribution in [2.24, 2.45) is 10.9 Å². The van der Waals surface area contributed by atoms with E-state index < -0.39 is 0 Å². The predicted molar refractivity (Wildman–Crippen MR) is 104 cm³/mol. The van der Waals surface area contributed by atoms with Gasteiger partial charge in [0.2, 0.25) is 0 Å². The van der Waals surface area contributed by atoms with E-state index in [2.05, 4.69) is 35.0 Å². The first-order chi connectivity index (χ1) is 12.1. The molecule has 0 radical (unpaired) electrons. The number of dihydropyridines is 1. The summed E-state index contributed by atoms with van der Waals surface area (Å²) in [5, 5.41) is 13.8. The minimum absolute atomic E-state index is 0.194. The first-order valence-corrected chi connectivity index (χ1v) is 9.12. The molecule has 0 aromatic heterocycles. The molecule has 3 aliphatic rings. The van der Waals surface area contributed by atoms with Crippen molar-refractivity contribution >= 4 is 23.0 Å². The van der Waals surface area contributed by atoms with Crippen molar-refractivity contribution in [3.63, 3.8) is 0 Å². The Morgan fingerprint density at radius 3 is 2.96 bits per heavy atom. The fourth-order valence-corrected chi connectivity index (χ4v) is 4.17. The van der Waals surface area contributed by atoms with E-state index in [1.165, 1.54) is 0 Å². The number of aromatic hydroxyl groups is 1. The Balaban J connectivity index is 1.61. The maximum Gasteiger partial charge on any atom is 0.119 e. The minimum atomic E-state index is 0.194. The molecule has 3 heterocycles. The molecule has 2 N–H and O–H groups in total. The standard InChI is InChI=1S/C20H22ClN3O/c1-13-17-5-4-8-24(15-9-14(21)10-16(25)11-15)12-19(17)23-20(13)18-6-2-3-7-22-18/h2-3,6,9-11,17,19,22,25H,1,4-5,7-8,12H2. The lowest BCUT2D eigenvalue weighted by Crippen LogP contribution is -2.31. The summed E-state index contributed by atoms with van der Waals surface area (Å²) in [7, 11) is 0. The van der Waals surface area contributed by atoms with Gasteiger partial charge >= 0.3 is 0 Å². The minimum Gasteiger partial charge on any atom is -0.508 e. The number of rotatable bonds is 2. The van der Waals surface area contributed by atoms with Gasteiger partial charge in [-0.3, -0.25) is 4.99 Å². The molecule has 5 heteroatoms. The lowest BCUT2D eigenvalue weighted by Gasteiger charge is -2.25. The summed E-state index contributed by atoms with van der Waals surface area (Å²) < 4.78 is 0. The molecule has 1 aromatic rings. The summed E-state index contributed by atoms with van der Waals surface area (Å²) in [4.78, 5) is 7.29. The van der Waals surface area contributed by atoms with Gasteiger partial charge < -0.3 is 15.3 Å². The largest absolute Gasteiger partial charge is 0.508 e. The van der Waals surface area contributed by atoms with Gasteiger partial charge in [-0.1, -0.05) is 30.3 Å². The molecule has 4 rings (SSSR count). The number of phenolic OH excluding ortho intramolecular Hbond substituents is 1. The van der Waals surface area contributed by atoms with Crippen molar-refractivity contribution in [1.29, 1.82) is 0 Å². The topological polar surface area (TPSA) is 47.9 Å². The number of allylic oxidation sites excluding steroid dienone is 3. The smallest absolute Gasteiger partial charge is 0.119 e. The number of hydrogen-bond acceptors (Lipinski definition) is 4. The van der Waals surface area contributed by atoms with Crippen LogP contribution in [-0.4, -0.2) is 36.5 Å². The highest BCUT2D eigenvalue weighted by Gasteiger charge is 2.36. The molecule has 130 valence electrons. The fraction of sp³-hybridized carbons (Fsp3) is 0.350. The molecule has 0 spiro atoms. The van der Waals surface area contributed by atoms with Crippen molar-refractivity contribution < 1.29 is 5.11 Å². The Labute approximate surface area is 153 Å². The second-order valence-corrected chi connectivity index (χ2v) is 7.26. The average molecular weight is 356 g/mol. The Hall–Kier alpha value is -2.20. The van der Waals surface area contributed by atoms with E-state index in [1.807, 2.05) is 6.07 Å². The number of benzene rings is 1. The van der Waals surface area contributed by atoms with Crippen molar-refractivity contribution in [2.75, 3.05) is 24.5 Å². The van der Waals surface area contributed by atoms with E-state index in [1.54, 1.807) is 12.1 Å². The number of hydrogen-bond donors (Lipinski definition) is 2. The maximum atomic E-state index is 9.86. The number of fused-ring (bicyclic) bond motifs is 1. The van der Waals surface area contributed by atoms with Crippen molar-refractivity contribution in [3.05, 3.63) is 59.3 Å². The Bertz CT molecular complexity index is 776. The molecular formula is C20H22ClN3O. The van der Waals surface area contributed by atoms with Crippen LogP contribution in [0.5, 0.6) is 5.75 Å². The van der Waals surface area contributed by atoms with E-state index in [9.17, 15) is 5.11 Å². The van der Waals surface area contributed by atoms with Crippen LogP contribution in [0.25, 0.3) is 0 Å². The molecule has 3 aliphatic heterocycles. The highest BCUT2D eigenvalue weighted by Crippen LogP contribution is 2.36. The van der Waals surface area contributed by atoms with Crippen molar-refractivity contribution in [3.8, 4) is 5.75 Å². The average Bonchev–Trinajstić information content (AvgIpc) is 2.78. The van der Waals surface area contributed by atoms with Gasteiger partial charge in [0.15, 0.2) is 0 Å². The third-order valence-electron chi connectivity index (χ3n) is 5.16. The molecule has 1 aromatic carbocycles. The summed E-state index contributed by atoms with van der Waals surface area (Å²) in [6.07, 6.45) is 8.39. The molecule has 2 atom stereocenters. The number of aliphatic imine (C=N–C) groups is 1. The van der Waals surface area contributed by atoms with Crippen LogP contribution in [0.1, 0.15) is 12.8 Å². The third-order valence-corrected chi connectivity index (χ3v) is 5.38. The van der Waals surface area contributed by atoms with Crippen LogP contribution >= 0.6 is 11.6 Å². The molecule has 0 bridgehead atoms. The van der Waals surface area contributed by atoms with Crippen LogP contribution in [0, 0.1) is 5.92 Å². The van der Waals surface area contributed by atoms with Gasteiger partial charge in [-0.2, -0.15) is 0 Å². The Morgan fingerprint density at radius 2 is 2.20 bits per heavy atom. The van der Waals surface area contributed by atoms with Crippen LogP contribution in [0.2, 0.25) is 5.02 Å². The van der Waals surface area contributed by atoms with Crippen molar-refractivity contribution in [2.45, 2.75) is 18.9 Å². The first-order valence-electron chi connectivity index (χ1n) is 8.74. The number of anilines is 1. The van der Waals surface area contributed by atoms with E-state index in [0.29, 0.717) is 10.9 Å². The van der Waals surface area contributed by atoms with Crippen LogP contribution in [0.15, 0.2) is 59.3 Å². The number of nitrogens with one attached hydrogen (secondary N) is 1. The first kappa shape index (κ1) is 16.3. The maximum absolute atomic E-state index is 9.86. The number of phenols is 1. The summed E-state index contributed by atoms with van der Waals surface area (Å²) >= 11 is 6.12. The van der Waals surface area contributed by atoms with Gasteiger partial charge in [-0.05, 0) is 36.6 Å². The predicted octanol–water partition coefficient (Wildman–Crippen LogP) is 3.68. The normalized spacial score (nSPS) is 25.8. The van der Waals surface area contributed by atoms with Crippen LogP contribution in [-0.2, 0) is 0 Å². The van der Waals surface area contributed by atoms with Gasteiger partial charge in [0.1, 0.15) is 5.75 Å². The zero-order valence-electron chi connectivity index (χ0n) is 14.1. The van der Waals surface area contributed by atoms with Gasteiger partial charge in [0, 0.05) is 42.3 Å². The quantitative estimate of drug-likeness (QED) is 0.850. The van der Waals surface area contributed by atoms with Gasteiger partial charge in [0.05, 0.1) is 17.5 Å². The summed E-state index contributed by atoms with van der Waals surface area (Å²) in [5.74, 6) is 0.591. The number of nitrogens with zero attached hydrogens (tertiary/aromatic N) is 2. The van der Waals surface area contributed by atoms with Crippen LogP contribution in [0.4, 0.5) is 5.69 Å². The molecule has 1 saturated heterocycles. The molecule has 2 unspecified atom stereocenters. The summed E-state index contributed by atoms with van der Waals surface area (Å²) in [5.41, 5.74) is 4.20. The molecule has 1 fully saturated rings. The fourth-order valence-electron chi connectivity index (χ4n) is 3.94. The molecule has 4 nitrogen and oxygen atoms in total. The number of halogens is 1.